The van der Waals surface area contributed by atoms with E-state index < -0.39 is 66.7 Å². The average Bonchev–Trinajstić information content (AvgIpc) is 3.88. The smallest absolute Gasteiger partial charge is 0.144 e. The summed E-state index contributed by atoms with van der Waals surface area (Å²) in [6, 6.07) is 37.7. The first-order chi connectivity index (χ1) is 36.0. The Hall–Kier alpha value is -7.16. The normalized spacial score (nSPS) is 16.8. The third-order valence-electron chi connectivity index (χ3n) is 9.90. The molecule has 0 radical (unpaired) electrons. The molecule has 0 spiro atoms. The van der Waals surface area contributed by atoms with Gasteiger partial charge in [0.15, 0.2) is 0 Å². The van der Waals surface area contributed by atoms with Crippen LogP contribution >= 0.6 is 0 Å². The first-order valence-electron chi connectivity index (χ1n) is 27.6. The lowest BCUT2D eigenvalue weighted by atomic mass is 9.85. The van der Waals surface area contributed by atoms with Gasteiger partial charge < -0.3 is 4.42 Å². The molecule has 0 unspecified atom stereocenters. The van der Waals surface area contributed by atoms with Gasteiger partial charge in [-0.25, -0.2) is 0 Å². The van der Waals surface area contributed by atoms with E-state index in [1.54, 1.807) is 87.5 Å². The average molecular weight is 822 g/mol. The molecule has 0 N–H and O–H groups in total. The lowest BCUT2D eigenvalue weighted by molar-refractivity contribution is 0.410. The van der Waals surface area contributed by atoms with Crippen molar-refractivity contribution in [3.05, 3.63) is 209 Å². The fourth-order valence-electron chi connectivity index (χ4n) is 6.98. The minimum absolute atomic E-state index is 0.0689. The molecule has 62 heavy (non-hydrogen) atoms. The SMILES string of the molecule is [2H]c1cc2c(oc3c(-c4ccc(C([2H])([2H])C([2H])([2H])c5cc(C([2H])([2H])C([2H])([2H])c6ccc(-c7ccccc7)nc6)cc(C([2H])([2H])C([2H])([2H])c6ccc(-c7ccccc7)nc6)c5)cn4)cccc32)c(C([2H])([2H])C(C)(C)C)c1C#N. The molecule has 0 amide bonds. The van der Waals surface area contributed by atoms with E-state index >= 15 is 0 Å². The van der Waals surface area contributed by atoms with Gasteiger partial charge in [0.1, 0.15) is 11.2 Å². The number of fused-ring (bicyclic) bond motifs is 3. The molecule has 4 heterocycles. The van der Waals surface area contributed by atoms with Crippen molar-refractivity contribution in [2.75, 3.05) is 0 Å². The lowest BCUT2D eigenvalue weighted by Gasteiger charge is -2.19. The molecule has 0 saturated carbocycles. The Morgan fingerprint density at radius 1 is 0.532 bits per heavy atom. The van der Waals surface area contributed by atoms with Crippen LogP contribution in [-0.2, 0) is 44.6 Å². The van der Waals surface area contributed by atoms with Gasteiger partial charge in [0.2, 0.25) is 0 Å². The Bertz CT molecular complexity index is 3600. The molecule has 5 heteroatoms. The van der Waals surface area contributed by atoms with Crippen molar-refractivity contribution in [1.29, 1.82) is 5.26 Å². The van der Waals surface area contributed by atoms with E-state index in [0.717, 1.165) is 35.5 Å². The molecule has 9 rings (SSSR count). The number of benzene rings is 5. The summed E-state index contributed by atoms with van der Waals surface area (Å²) in [4.78, 5) is 13.3. The fraction of sp³-hybridized carbons (Fsp3) is 0.193. The predicted octanol–water partition coefficient (Wildman–Crippen LogP) is 13.6. The lowest BCUT2D eigenvalue weighted by Crippen LogP contribution is -2.10. The predicted molar refractivity (Wildman–Crippen MR) is 253 cm³/mol. The van der Waals surface area contributed by atoms with Crippen LogP contribution in [-0.4, -0.2) is 15.0 Å². The highest BCUT2D eigenvalue weighted by atomic mass is 16.3. The van der Waals surface area contributed by atoms with Crippen LogP contribution in [0.1, 0.15) is 85.8 Å². The highest BCUT2D eigenvalue weighted by Crippen LogP contribution is 2.39. The monoisotopic (exact) mass is 821 g/mol. The van der Waals surface area contributed by atoms with Crippen LogP contribution in [0.4, 0.5) is 0 Å². The van der Waals surface area contributed by atoms with Crippen LogP contribution < -0.4 is 0 Å². The highest BCUT2D eigenvalue weighted by Gasteiger charge is 2.22. The zero-order valence-electron chi connectivity index (χ0n) is 49.2. The minimum Gasteiger partial charge on any atom is -0.455 e. The van der Waals surface area contributed by atoms with Gasteiger partial charge in [-0.1, -0.05) is 130 Å². The van der Waals surface area contributed by atoms with Gasteiger partial charge in [-0.2, -0.15) is 5.26 Å². The molecule has 0 saturated heterocycles. The molecule has 0 bridgehead atoms. The number of pyridine rings is 3. The maximum Gasteiger partial charge on any atom is 0.144 e. The van der Waals surface area contributed by atoms with Crippen molar-refractivity contribution >= 4 is 21.9 Å². The van der Waals surface area contributed by atoms with E-state index in [1.165, 1.54) is 54.9 Å². The summed E-state index contributed by atoms with van der Waals surface area (Å²) in [6.07, 6.45) is -17.0. The maximum atomic E-state index is 10.1. The van der Waals surface area contributed by atoms with Crippen molar-refractivity contribution in [3.8, 4) is 39.8 Å². The van der Waals surface area contributed by atoms with Gasteiger partial charge >= 0.3 is 0 Å². The number of nitrogens with zero attached hydrogens (tertiary/aromatic N) is 4. The Kier molecular flexibility index (Phi) is 7.54. The van der Waals surface area contributed by atoms with E-state index in [4.69, 9.17) is 8.53 Å². The first kappa shape index (κ1) is 26.2. The molecule has 304 valence electrons. The molecule has 5 nitrogen and oxygen atoms in total. The second kappa shape index (κ2) is 17.8. The summed E-state index contributed by atoms with van der Waals surface area (Å²) in [6.45, 7) is 5.04. The quantitative estimate of drug-likeness (QED) is 0.116. The van der Waals surface area contributed by atoms with Crippen LogP contribution in [0, 0.1) is 16.7 Å². The molecule has 0 aliphatic carbocycles. The van der Waals surface area contributed by atoms with Gasteiger partial charge in [-0.15, -0.1) is 0 Å². The summed E-state index contributed by atoms with van der Waals surface area (Å²) >= 11 is 0. The third-order valence-corrected chi connectivity index (χ3v) is 9.90. The van der Waals surface area contributed by atoms with Crippen molar-refractivity contribution < 1.29 is 25.0 Å². The highest BCUT2D eigenvalue weighted by molar-refractivity contribution is 6.10. The second-order valence-corrected chi connectivity index (χ2v) is 15.6. The number of rotatable bonds is 13. The van der Waals surface area contributed by atoms with Crippen molar-refractivity contribution in [1.82, 2.24) is 15.0 Å². The van der Waals surface area contributed by atoms with Gasteiger partial charge in [-0.05, 0) is 120 Å². The van der Waals surface area contributed by atoms with Crippen LogP contribution in [0.15, 0.2) is 169 Å². The Morgan fingerprint density at radius 2 is 1.00 bits per heavy atom. The van der Waals surface area contributed by atoms with Crippen LogP contribution in [0.25, 0.3) is 55.7 Å². The van der Waals surface area contributed by atoms with Gasteiger partial charge in [0.05, 0.1) is 30.1 Å². The summed E-state index contributed by atoms with van der Waals surface area (Å²) in [5.41, 5.74) is -0.493. The zero-order chi connectivity index (χ0) is 55.9. The number of hydrogen-bond acceptors (Lipinski definition) is 5. The Balaban J connectivity index is 1.14. The summed E-state index contributed by atoms with van der Waals surface area (Å²) in [7, 11) is 0. The minimum atomic E-state index is -3.18. The van der Waals surface area contributed by atoms with E-state index in [1.807, 2.05) is 18.2 Å². The van der Waals surface area contributed by atoms with E-state index in [0.29, 0.717) is 27.7 Å². The molecule has 4 aromatic heterocycles. The number of aryl methyl sites for hydroxylation is 6. The number of hydrogen-bond donors (Lipinski definition) is 0. The third kappa shape index (κ3) is 9.26. The molecule has 9 aromatic rings. The largest absolute Gasteiger partial charge is 0.455 e. The first-order valence-corrected chi connectivity index (χ1v) is 20.1. The van der Waals surface area contributed by atoms with Crippen LogP contribution in [0.3, 0.4) is 0 Å². The standard InChI is InChI=1S/C57H50N4O/c1-57(2,3)34-51-47(35-58)26-27-49-48-15-10-16-50(55(48)62-56(49)51)54-30-25-41(38-61-54)19-22-44-32-42(20-17-39-23-28-52(59-36-39)45-11-6-4-7-12-45)31-43(33-44)21-18-40-24-29-53(60-37-40)46-13-8-5-9-14-46/h4-16,23-33,36-38H,17-22,34H2,1-3H3/i17D2,18D2,19D2,20D2,21D2,22D2,26D,34D2. The number of nitriles is 1. The molecular formula is C57H50N4O. The number of furan rings is 1. The summed E-state index contributed by atoms with van der Waals surface area (Å²) < 4.78 is 146. The summed E-state index contributed by atoms with van der Waals surface area (Å²) in [5.74, 6) is 0. The maximum absolute atomic E-state index is 10.1. The Morgan fingerprint density at radius 3 is 1.45 bits per heavy atom. The van der Waals surface area contributed by atoms with E-state index in [-0.39, 0.29) is 50.7 Å². The van der Waals surface area contributed by atoms with Crippen molar-refractivity contribution in [2.45, 2.75) is 65.4 Å². The van der Waals surface area contributed by atoms with Crippen molar-refractivity contribution in [2.24, 2.45) is 5.41 Å². The van der Waals surface area contributed by atoms with Gasteiger partial charge in [-0.3, -0.25) is 15.0 Å². The zero-order valence-corrected chi connectivity index (χ0v) is 34.2. The number of para-hydroxylation sites is 1. The van der Waals surface area contributed by atoms with Gasteiger partial charge in [0.25, 0.3) is 0 Å². The molecule has 0 atom stereocenters. The summed E-state index contributed by atoms with van der Waals surface area (Å²) in [5, 5.41) is 11.0. The van der Waals surface area contributed by atoms with E-state index in [9.17, 15) is 21.7 Å². The van der Waals surface area contributed by atoms with Crippen LogP contribution in [0.5, 0.6) is 0 Å². The molecule has 5 aromatic carbocycles. The fourth-order valence-corrected chi connectivity index (χ4v) is 6.98. The molecule has 0 fully saturated rings. The van der Waals surface area contributed by atoms with Crippen molar-refractivity contribution in [3.63, 3.8) is 0 Å². The topological polar surface area (TPSA) is 75.6 Å². The Labute approximate surface area is 385 Å². The van der Waals surface area contributed by atoms with Gasteiger partial charge in [0, 0.05) is 70.8 Å². The molecule has 0 aliphatic rings. The van der Waals surface area contributed by atoms with E-state index in [2.05, 4.69) is 15.0 Å². The number of aromatic nitrogens is 3. The molecular weight excluding hydrogens is 757 g/mol. The second-order valence-electron chi connectivity index (χ2n) is 15.6. The van der Waals surface area contributed by atoms with Crippen LogP contribution in [0.2, 0.25) is 0 Å². The molecule has 0 aliphatic heterocycles.